The van der Waals surface area contributed by atoms with Crippen molar-refractivity contribution in [1.82, 2.24) is 0 Å². The van der Waals surface area contributed by atoms with Gasteiger partial charge in [-0.3, -0.25) is 27.3 Å². The van der Waals surface area contributed by atoms with E-state index in [-0.39, 0.29) is 51.7 Å². The normalized spacial score (nSPS) is 10.2. The molecule has 0 saturated heterocycles. The van der Waals surface area contributed by atoms with Crippen molar-refractivity contribution in [2.24, 2.45) is 0 Å². The molecule has 0 aromatic heterocycles. The third-order valence-electron chi connectivity index (χ3n) is 0. The summed E-state index contributed by atoms with van der Waals surface area (Å²) in [5.41, 5.74) is 0. The predicted octanol–water partition coefficient (Wildman–Crippen LogP) is -2.72. The molecule has 0 aliphatic carbocycles. The summed E-state index contributed by atoms with van der Waals surface area (Å²) >= 11 is 0. The number of hydrogen-bond donors (Lipinski definition) is 6. The summed E-state index contributed by atoms with van der Waals surface area (Å²) < 4.78 is 94.8. The summed E-state index contributed by atoms with van der Waals surface area (Å²) in [5.74, 6) is 0. The summed E-state index contributed by atoms with van der Waals surface area (Å²) in [6.45, 7) is 0. The van der Waals surface area contributed by atoms with Crippen molar-refractivity contribution >= 4 is 82.9 Å². The van der Waals surface area contributed by atoms with E-state index in [2.05, 4.69) is 0 Å². The minimum atomic E-state index is -4.67. The van der Waals surface area contributed by atoms with Gasteiger partial charge < -0.3 is 0 Å². The summed E-state index contributed by atoms with van der Waals surface area (Å²) in [6, 6.07) is 0. The van der Waals surface area contributed by atoms with Crippen molar-refractivity contribution in [3.63, 3.8) is 0 Å². The zero-order valence-electron chi connectivity index (χ0n) is 7.51. The number of rotatable bonds is 0. The predicted molar refractivity (Wildman–Crippen MR) is 54.0 cm³/mol. The molecule has 102 valence electrons. The molecule has 0 aliphatic heterocycles. The summed E-state index contributed by atoms with van der Waals surface area (Å²) in [6.07, 6.45) is 0. The maximum atomic E-state index is 8.74. The smallest absolute Gasteiger partial charge is 0.264 e. The molecule has 6 N–H and O–H groups in total. The fraction of sp³-hybridized carbons (Fsp3) is 0. The van der Waals surface area contributed by atoms with Crippen molar-refractivity contribution in [3.8, 4) is 0 Å². The van der Waals surface area contributed by atoms with Crippen LogP contribution in [-0.4, -0.2) is 104 Å². The van der Waals surface area contributed by atoms with Gasteiger partial charge in [0.15, 0.2) is 0 Å². The van der Waals surface area contributed by atoms with Gasteiger partial charge in [0.05, 0.1) is 0 Å². The van der Waals surface area contributed by atoms with Crippen LogP contribution >= 0.6 is 0 Å². The van der Waals surface area contributed by atoms with Crippen LogP contribution in [0.4, 0.5) is 0 Å². The first-order valence-corrected chi connectivity index (χ1v) is 6.29. The zero-order valence-corrected chi connectivity index (χ0v) is 16.6. The van der Waals surface area contributed by atoms with Crippen LogP contribution in [0.15, 0.2) is 0 Å². The Balaban J connectivity index is -0.0000000400. The SMILES string of the molecule is O=S(=O)(O)O.O=S(=O)(O)O.O=S(=O)(O)O.[In].[In]. The Morgan fingerprint density at radius 3 is 0.412 bits per heavy atom. The average molecular weight is 524 g/mol. The van der Waals surface area contributed by atoms with Gasteiger partial charge in [-0.05, 0) is 0 Å². The van der Waals surface area contributed by atoms with E-state index in [0.717, 1.165) is 0 Å². The number of hydrogen-bond acceptors (Lipinski definition) is 6. The molecular weight excluding hydrogens is 518 g/mol. The summed E-state index contributed by atoms with van der Waals surface area (Å²) in [7, 11) is -14.0. The van der Waals surface area contributed by atoms with Crippen molar-refractivity contribution in [1.29, 1.82) is 0 Å². The van der Waals surface area contributed by atoms with Crippen LogP contribution in [-0.2, 0) is 31.2 Å². The Morgan fingerprint density at radius 2 is 0.412 bits per heavy atom. The molecule has 0 atom stereocenters. The summed E-state index contributed by atoms with van der Waals surface area (Å²) in [4.78, 5) is 0. The van der Waals surface area contributed by atoms with Crippen molar-refractivity contribution in [3.05, 3.63) is 0 Å². The van der Waals surface area contributed by atoms with Gasteiger partial charge in [0.1, 0.15) is 0 Å². The van der Waals surface area contributed by atoms with E-state index in [1.165, 1.54) is 0 Å². The van der Waals surface area contributed by atoms with Gasteiger partial charge in [-0.1, -0.05) is 0 Å². The van der Waals surface area contributed by atoms with Gasteiger partial charge in [0.25, 0.3) is 0 Å². The quantitative estimate of drug-likeness (QED) is 0.178. The largest absolute Gasteiger partial charge is 0.394 e. The van der Waals surface area contributed by atoms with Gasteiger partial charge in [0, 0.05) is 51.7 Å². The van der Waals surface area contributed by atoms with Crippen LogP contribution in [0.5, 0.6) is 0 Å². The monoisotopic (exact) mass is 524 g/mol. The van der Waals surface area contributed by atoms with E-state index < -0.39 is 31.2 Å². The van der Waals surface area contributed by atoms with Gasteiger partial charge in [-0.15, -0.1) is 0 Å². The van der Waals surface area contributed by atoms with Crippen molar-refractivity contribution < 1.29 is 52.6 Å². The van der Waals surface area contributed by atoms with E-state index in [0.29, 0.717) is 0 Å². The Morgan fingerprint density at radius 1 is 0.412 bits per heavy atom. The van der Waals surface area contributed by atoms with Crippen molar-refractivity contribution in [2.75, 3.05) is 0 Å². The molecule has 0 heterocycles. The maximum absolute atomic E-state index is 8.74. The molecule has 0 rings (SSSR count). The molecule has 0 aromatic carbocycles. The minimum absolute atomic E-state index is 0. The minimum Gasteiger partial charge on any atom is -0.264 e. The molecule has 0 unspecified atom stereocenters. The van der Waals surface area contributed by atoms with E-state index >= 15 is 0 Å². The van der Waals surface area contributed by atoms with Crippen LogP contribution < -0.4 is 0 Å². The standard InChI is InChI=1S/2In.3H2O4S/c;;3*1-5(2,3)4/h;;3*(H2,1,2,3,4). The molecule has 12 nitrogen and oxygen atoms in total. The second-order valence-corrected chi connectivity index (χ2v) is 4.03. The first-order chi connectivity index (χ1) is 6.00. The Hall–Kier alpha value is 1.35. The fourth-order valence-corrected chi connectivity index (χ4v) is 0. The fourth-order valence-electron chi connectivity index (χ4n) is 0. The summed E-state index contributed by atoms with van der Waals surface area (Å²) in [5, 5.41) is 0. The zero-order chi connectivity index (χ0) is 13.5. The van der Waals surface area contributed by atoms with E-state index in [1.807, 2.05) is 0 Å². The topological polar surface area (TPSA) is 224 Å². The van der Waals surface area contributed by atoms with Crippen LogP contribution in [0.25, 0.3) is 0 Å². The molecule has 17 heavy (non-hydrogen) atoms. The van der Waals surface area contributed by atoms with Gasteiger partial charge >= 0.3 is 31.2 Å². The second kappa shape index (κ2) is 12.4. The Kier molecular flexibility index (Phi) is 22.6. The molecule has 0 amide bonds. The third-order valence-corrected chi connectivity index (χ3v) is 0. The van der Waals surface area contributed by atoms with Crippen molar-refractivity contribution in [2.45, 2.75) is 0 Å². The Bertz CT molecular complexity index is 341. The van der Waals surface area contributed by atoms with E-state index in [1.54, 1.807) is 0 Å². The van der Waals surface area contributed by atoms with E-state index in [4.69, 9.17) is 52.6 Å². The molecule has 17 heteroatoms. The molecule has 0 aliphatic rings. The second-order valence-electron chi connectivity index (χ2n) is 1.34. The molecule has 6 radical (unpaired) electrons. The van der Waals surface area contributed by atoms with Gasteiger partial charge in [-0.2, -0.15) is 25.3 Å². The van der Waals surface area contributed by atoms with Crippen LogP contribution in [0.3, 0.4) is 0 Å². The molecular formula is H6In2O12S3. The average Bonchev–Trinajstić information content (AvgIpc) is 1.41. The van der Waals surface area contributed by atoms with Gasteiger partial charge in [-0.25, -0.2) is 0 Å². The third kappa shape index (κ3) is 2240. The van der Waals surface area contributed by atoms with Crippen LogP contribution in [0.2, 0.25) is 0 Å². The van der Waals surface area contributed by atoms with Crippen LogP contribution in [0.1, 0.15) is 0 Å². The molecule has 0 bridgehead atoms. The van der Waals surface area contributed by atoms with Gasteiger partial charge in [0.2, 0.25) is 0 Å². The van der Waals surface area contributed by atoms with E-state index in [9.17, 15) is 0 Å². The Labute approximate surface area is 134 Å². The molecule has 0 spiro atoms. The molecule has 0 saturated carbocycles. The van der Waals surface area contributed by atoms with Crippen LogP contribution in [0, 0.1) is 0 Å². The maximum Gasteiger partial charge on any atom is 0.394 e. The first kappa shape index (κ1) is 31.0. The molecule has 0 fully saturated rings. The molecule has 0 aromatic rings. The first-order valence-electron chi connectivity index (χ1n) is 2.10.